The third kappa shape index (κ3) is 5.35. The maximum Gasteiger partial charge on any atom is 0.318 e. The van der Waals surface area contributed by atoms with Crippen LogP contribution in [0.2, 0.25) is 0 Å². The van der Waals surface area contributed by atoms with Gasteiger partial charge in [-0.05, 0) is 24.5 Å². The fraction of sp³-hybridized carbons (Fsp3) is 0.467. The van der Waals surface area contributed by atoms with E-state index in [-0.39, 0.29) is 11.2 Å². The number of nitrogens with zero attached hydrogens (tertiary/aromatic N) is 1. The molecule has 0 saturated heterocycles. The summed E-state index contributed by atoms with van der Waals surface area (Å²) < 4.78 is 5.19. The Morgan fingerprint density at radius 2 is 2.05 bits per heavy atom. The van der Waals surface area contributed by atoms with E-state index >= 15 is 0 Å². The van der Waals surface area contributed by atoms with Crippen LogP contribution in [0, 0.1) is 17.2 Å². The van der Waals surface area contributed by atoms with Crippen LogP contribution in [-0.2, 0) is 15.3 Å². The molecule has 102 valence electrons. The van der Waals surface area contributed by atoms with Crippen LogP contribution in [0.25, 0.3) is 0 Å². The fourth-order valence-electron chi connectivity index (χ4n) is 1.40. The van der Waals surface area contributed by atoms with Crippen LogP contribution < -0.4 is 0 Å². The van der Waals surface area contributed by atoms with E-state index < -0.39 is 0 Å². The molecule has 0 aliphatic rings. The highest BCUT2D eigenvalue weighted by atomic mass is 32.2. The van der Waals surface area contributed by atoms with Crippen LogP contribution in [0.1, 0.15) is 31.9 Å². The number of ether oxygens (including phenoxy) is 1. The molecule has 0 fully saturated rings. The van der Waals surface area contributed by atoms with Crippen molar-refractivity contribution in [1.82, 2.24) is 0 Å². The van der Waals surface area contributed by atoms with Crippen molar-refractivity contribution in [2.45, 2.75) is 31.8 Å². The van der Waals surface area contributed by atoms with E-state index in [1.54, 1.807) is 6.07 Å². The summed E-state index contributed by atoms with van der Waals surface area (Å²) in [5, 5.41) is 8.77. The van der Waals surface area contributed by atoms with E-state index in [2.05, 4.69) is 6.07 Å². The van der Waals surface area contributed by atoms with Crippen LogP contribution in [0.4, 0.5) is 0 Å². The van der Waals surface area contributed by atoms with Gasteiger partial charge in [0.25, 0.3) is 0 Å². The highest BCUT2D eigenvalue weighted by Gasteiger charge is 2.16. The van der Waals surface area contributed by atoms with Crippen molar-refractivity contribution in [2.24, 2.45) is 5.92 Å². The number of hydrogen-bond acceptors (Lipinski definition) is 4. The average Bonchev–Trinajstić information content (AvgIpc) is 2.42. The van der Waals surface area contributed by atoms with Crippen LogP contribution >= 0.6 is 11.8 Å². The zero-order valence-corrected chi connectivity index (χ0v) is 12.4. The lowest BCUT2D eigenvalue weighted by molar-refractivity contribution is -0.143. The smallest absolute Gasteiger partial charge is 0.318 e. The first-order valence-corrected chi connectivity index (χ1v) is 7.35. The standard InChI is InChI=1S/C15H19NO2S/c1-11(2)9-18-15(17)12(3)19-10-14-7-5-4-6-13(14)8-16/h4-7,11-12H,9-10H2,1-3H3. The van der Waals surface area contributed by atoms with Gasteiger partial charge in [-0.3, -0.25) is 4.79 Å². The molecular weight excluding hydrogens is 258 g/mol. The molecule has 4 heteroatoms. The third-order valence-electron chi connectivity index (χ3n) is 2.52. The first-order chi connectivity index (χ1) is 9.04. The molecule has 1 aromatic carbocycles. The van der Waals surface area contributed by atoms with E-state index in [1.807, 2.05) is 39.0 Å². The van der Waals surface area contributed by atoms with E-state index in [4.69, 9.17) is 10.00 Å². The zero-order valence-electron chi connectivity index (χ0n) is 11.6. The molecule has 0 saturated carbocycles. The van der Waals surface area contributed by atoms with Crippen LogP contribution in [-0.4, -0.2) is 17.8 Å². The summed E-state index contributed by atoms with van der Waals surface area (Å²) in [4.78, 5) is 11.7. The highest BCUT2D eigenvalue weighted by molar-refractivity contribution is 7.99. The summed E-state index contributed by atoms with van der Waals surface area (Å²) in [5.74, 6) is 0.801. The van der Waals surface area contributed by atoms with Gasteiger partial charge in [-0.1, -0.05) is 32.0 Å². The molecule has 0 spiro atoms. The van der Waals surface area contributed by atoms with E-state index in [9.17, 15) is 4.79 Å². The second-order valence-corrected chi connectivity index (χ2v) is 6.08. The minimum absolute atomic E-state index is 0.187. The van der Waals surface area contributed by atoms with Gasteiger partial charge in [0.15, 0.2) is 0 Å². The molecule has 0 heterocycles. The van der Waals surface area contributed by atoms with Gasteiger partial charge in [-0.2, -0.15) is 5.26 Å². The first-order valence-electron chi connectivity index (χ1n) is 6.30. The van der Waals surface area contributed by atoms with Gasteiger partial charge in [-0.15, -0.1) is 11.8 Å². The number of esters is 1. The normalized spacial score (nSPS) is 11.9. The predicted octanol–water partition coefficient (Wildman–Crippen LogP) is 3.38. The number of carbonyl (C=O) groups excluding carboxylic acids is 1. The van der Waals surface area contributed by atoms with Crippen molar-refractivity contribution < 1.29 is 9.53 Å². The molecule has 1 atom stereocenters. The average molecular weight is 277 g/mol. The fourth-order valence-corrected chi connectivity index (χ4v) is 2.29. The predicted molar refractivity (Wildman–Crippen MR) is 77.7 cm³/mol. The lowest BCUT2D eigenvalue weighted by Crippen LogP contribution is -2.19. The van der Waals surface area contributed by atoms with Crippen LogP contribution in [0.15, 0.2) is 24.3 Å². The Morgan fingerprint density at radius 1 is 1.37 bits per heavy atom. The molecule has 3 nitrogen and oxygen atoms in total. The van der Waals surface area contributed by atoms with E-state index in [0.717, 1.165) is 5.56 Å². The van der Waals surface area contributed by atoms with Crippen molar-refractivity contribution >= 4 is 17.7 Å². The molecule has 0 N–H and O–H groups in total. The van der Waals surface area contributed by atoms with Gasteiger partial charge in [-0.25, -0.2) is 0 Å². The van der Waals surface area contributed by atoms with Crippen molar-refractivity contribution in [3.63, 3.8) is 0 Å². The lowest BCUT2D eigenvalue weighted by atomic mass is 10.1. The van der Waals surface area contributed by atoms with Gasteiger partial charge in [0.2, 0.25) is 0 Å². The summed E-state index contributed by atoms with van der Waals surface area (Å²) in [6.07, 6.45) is 0. The number of rotatable bonds is 6. The zero-order chi connectivity index (χ0) is 14.3. The molecule has 0 radical (unpaired) electrons. The van der Waals surface area contributed by atoms with Crippen LogP contribution in [0.3, 0.4) is 0 Å². The molecule has 0 aromatic heterocycles. The van der Waals surface area contributed by atoms with E-state index in [0.29, 0.717) is 23.8 Å². The first kappa shape index (κ1) is 15.6. The minimum atomic E-state index is -0.217. The topological polar surface area (TPSA) is 50.1 Å². The quantitative estimate of drug-likeness (QED) is 0.748. The molecule has 1 unspecified atom stereocenters. The third-order valence-corrected chi connectivity index (χ3v) is 3.69. The lowest BCUT2D eigenvalue weighted by Gasteiger charge is -2.13. The summed E-state index contributed by atoms with van der Waals surface area (Å²) >= 11 is 1.49. The Balaban J connectivity index is 2.48. The van der Waals surface area contributed by atoms with Gasteiger partial charge >= 0.3 is 5.97 Å². The monoisotopic (exact) mass is 277 g/mol. The summed E-state index contributed by atoms with van der Waals surface area (Å²) in [6.45, 7) is 6.31. The summed E-state index contributed by atoms with van der Waals surface area (Å²) in [5.41, 5.74) is 1.62. The largest absolute Gasteiger partial charge is 0.465 e. The number of hydrogen-bond donors (Lipinski definition) is 0. The Bertz CT molecular complexity index is 465. The van der Waals surface area contributed by atoms with Crippen LogP contribution in [0.5, 0.6) is 0 Å². The minimum Gasteiger partial charge on any atom is -0.465 e. The Morgan fingerprint density at radius 3 is 2.68 bits per heavy atom. The van der Waals surface area contributed by atoms with E-state index in [1.165, 1.54) is 11.8 Å². The SMILES string of the molecule is CC(C)COC(=O)C(C)SCc1ccccc1C#N. The maximum atomic E-state index is 11.7. The number of benzene rings is 1. The molecule has 0 amide bonds. The molecular formula is C15H19NO2S. The molecule has 1 rings (SSSR count). The Kier molecular flexibility index (Phi) is 6.44. The summed E-state index contributed by atoms with van der Waals surface area (Å²) in [6, 6.07) is 9.60. The molecule has 0 aliphatic carbocycles. The highest BCUT2D eigenvalue weighted by Crippen LogP contribution is 2.21. The van der Waals surface area contributed by atoms with Gasteiger partial charge < -0.3 is 4.74 Å². The molecule has 0 bridgehead atoms. The Labute approximate surface area is 119 Å². The van der Waals surface area contributed by atoms with Crippen molar-refractivity contribution in [1.29, 1.82) is 5.26 Å². The van der Waals surface area contributed by atoms with Crippen molar-refractivity contribution in [3.8, 4) is 6.07 Å². The molecule has 0 aliphatic heterocycles. The van der Waals surface area contributed by atoms with Crippen molar-refractivity contribution in [3.05, 3.63) is 35.4 Å². The van der Waals surface area contributed by atoms with Gasteiger partial charge in [0.1, 0.15) is 0 Å². The van der Waals surface area contributed by atoms with Gasteiger partial charge in [0, 0.05) is 5.75 Å². The number of nitriles is 1. The maximum absolute atomic E-state index is 11.7. The molecule has 19 heavy (non-hydrogen) atoms. The Hall–Kier alpha value is -1.47. The van der Waals surface area contributed by atoms with Gasteiger partial charge in [0.05, 0.1) is 23.5 Å². The second-order valence-electron chi connectivity index (χ2n) is 4.75. The van der Waals surface area contributed by atoms with Crippen molar-refractivity contribution in [2.75, 3.05) is 6.61 Å². The second kappa shape index (κ2) is 7.85. The number of carbonyl (C=O) groups is 1. The summed E-state index contributed by atoms with van der Waals surface area (Å²) in [7, 11) is 0. The molecule has 1 aromatic rings. The number of thioether (sulfide) groups is 1.